The maximum Gasteiger partial charge on any atom is 0.337 e. The Balaban J connectivity index is 2.46. The van der Waals surface area contributed by atoms with Crippen molar-refractivity contribution in [3.05, 3.63) is 36.0 Å². The molecule has 0 atom stereocenters. The van der Waals surface area contributed by atoms with E-state index in [0.717, 1.165) is 11.1 Å². The highest BCUT2D eigenvalue weighted by atomic mass is 16.5. The standard InChI is InChI=1S/C12H13N3O2/c1-15-7-10(11(13)14-15)8-4-3-5-9(6-8)12(16)17-2/h3-7H,1-2H3,(H2,13,14). The van der Waals surface area contributed by atoms with Gasteiger partial charge in [-0.05, 0) is 17.7 Å². The quantitative estimate of drug-likeness (QED) is 0.794. The number of esters is 1. The minimum Gasteiger partial charge on any atom is -0.465 e. The zero-order valence-corrected chi connectivity index (χ0v) is 9.68. The Labute approximate surface area is 98.8 Å². The van der Waals surface area contributed by atoms with Crippen molar-refractivity contribution in [2.45, 2.75) is 0 Å². The zero-order chi connectivity index (χ0) is 12.4. The van der Waals surface area contributed by atoms with Gasteiger partial charge in [-0.3, -0.25) is 4.68 Å². The number of methoxy groups -OCH3 is 1. The van der Waals surface area contributed by atoms with Crippen molar-refractivity contribution in [1.82, 2.24) is 9.78 Å². The van der Waals surface area contributed by atoms with Gasteiger partial charge < -0.3 is 10.5 Å². The molecule has 0 radical (unpaired) electrons. The van der Waals surface area contributed by atoms with Gasteiger partial charge in [0.2, 0.25) is 0 Å². The number of hydrogen-bond donors (Lipinski definition) is 1. The Morgan fingerprint density at radius 2 is 2.24 bits per heavy atom. The maximum atomic E-state index is 11.4. The molecule has 0 spiro atoms. The van der Waals surface area contributed by atoms with E-state index in [0.29, 0.717) is 11.4 Å². The Morgan fingerprint density at radius 3 is 2.82 bits per heavy atom. The highest BCUT2D eigenvalue weighted by Gasteiger charge is 2.10. The summed E-state index contributed by atoms with van der Waals surface area (Å²) in [4.78, 5) is 11.4. The van der Waals surface area contributed by atoms with Crippen LogP contribution in [0.5, 0.6) is 0 Å². The summed E-state index contributed by atoms with van der Waals surface area (Å²) in [7, 11) is 3.15. The number of carbonyl (C=O) groups is 1. The minimum absolute atomic E-state index is 0.366. The van der Waals surface area contributed by atoms with Gasteiger partial charge in [0.1, 0.15) is 0 Å². The molecule has 1 aromatic heterocycles. The second-order valence-electron chi connectivity index (χ2n) is 3.67. The monoisotopic (exact) mass is 231 g/mol. The van der Waals surface area contributed by atoms with Crippen LogP contribution in [0.15, 0.2) is 30.5 Å². The molecule has 0 fully saturated rings. The molecule has 0 aliphatic carbocycles. The summed E-state index contributed by atoms with van der Waals surface area (Å²) < 4.78 is 6.31. The summed E-state index contributed by atoms with van der Waals surface area (Å²) >= 11 is 0. The molecule has 0 saturated heterocycles. The Kier molecular flexibility index (Phi) is 2.82. The summed E-state index contributed by atoms with van der Waals surface area (Å²) in [6.45, 7) is 0. The first-order chi connectivity index (χ1) is 8.11. The second kappa shape index (κ2) is 4.29. The van der Waals surface area contributed by atoms with Crippen LogP contribution in [0.3, 0.4) is 0 Å². The van der Waals surface area contributed by atoms with Gasteiger partial charge in [-0.2, -0.15) is 5.10 Å². The molecule has 88 valence electrons. The fourth-order valence-corrected chi connectivity index (χ4v) is 1.66. The van der Waals surface area contributed by atoms with Crippen molar-refractivity contribution < 1.29 is 9.53 Å². The molecule has 5 nitrogen and oxygen atoms in total. The van der Waals surface area contributed by atoms with Crippen LogP contribution < -0.4 is 5.73 Å². The highest BCUT2D eigenvalue weighted by Crippen LogP contribution is 2.25. The number of aromatic nitrogens is 2. The number of nitrogen functional groups attached to an aromatic ring is 1. The van der Waals surface area contributed by atoms with Crippen LogP contribution >= 0.6 is 0 Å². The van der Waals surface area contributed by atoms with Crippen molar-refractivity contribution in [1.29, 1.82) is 0 Å². The molecular formula is C12H13N3O2. The van der Waals surface area contributed by atoms with E-state index in [1.165, 1.54) is 7.11 Å². The van der Waals surface area contributed by atoms with Crippen LogP contribution in [-0.4, -0.2) is 22.9 Å². The molecule has 2 aromatic rings. The maximum absolute atomic E-state index is 11.4. The first-order valence-corrected chi connectivity index (χ1v) is 5.09. The molecule has 2 N–H and O–H groups in total. The van der Waals surface area contributed by atoms with E-state index in [1.807, 2.05) is 12.3 Å². The number of ether oxygens (including phenoxy) is 1. The fraction of sp³-hybridized carbons (Fsp3) is 0.167. The van der Waals surface area contributed by atoms with Gasteiger partial charge in [-0.15, -0.1) is 0 Å². The van der Waals surface area contributed by atoms with Crippen LogP contribution in [0.4, 0.5) is 5.82 Å². The third-order valence-corrected chi connectivity index (χ3v) is 2.45. The average Bonchev–Trinajstić information content (AvgIpc) is 2.67. The first-order valence-electron chi connectivity index (χ1n) is 5.09. The SMILES string of the molecule is COC(=O)c1cccc(-c2cn(C)nc2N)c1. The lowest BCUT2D eigenvalue weighted by Gasteiger charge is -2.02. The van der Waals surface area contributed by atoms with Crippen molar-refractivity contribution in [2.75, 3.05) is 12.8 Å². The Morgan fingerprint density at radius 1 is 1.47 bits per heavy atom. The van der Waals surface area contributed by atoms with E-state index < -0.39 is 0 Å². The molecule has 1 heterocycles. The van der Waals surface area contributed by atoms with Crippen molar-refractivity contribution in [3.63, 3.8) is 0 Å². The number of hydrogen-bond acceptors (Lipinski definition) is 4. The molecule has 0 aliphatic heterocycles. The highest BCUT2D eigenvalue weighted by molar-refractivity contribution is 5.91. The van der Waals surface area contributed by atoms with E-state index in [2.05, 4.69) is 9.84 Å². The third kappa shape index (κ3) is 2.13. The van der Waals surface area contributed by atoms with Gasteiger partial charge in [-0.25, -0.2) is 4.79 Å². The summed E-state index contributed by atoms with van der Waals surface area (Å²) in [6, 6.07) is 7.09. The van der Waals surface area contributed by atoms with Crippen LogP contribution in [-0.2, 0) is 11.8 Å². The zero-order valence-electron chi connectivity index (χ0n) is 9.68. The predicted molar refractivity (Wildman–Crippen MR) is 64.4 cm³/mol. The van der Waals surface area contributed by atoms with E-state index >= 15 is 0 Å². The average molecular weight is 231 g/mol. The van der Waals surface area contributed by atoms with Gasteiger partial charge >= 0.3 is 5.97 Å². The molecule has 1 aromatic carbocycles. The van der Waals surface area contributed by atoms with E-state index in [9.17, 15) is 4.79 Å². The van der Waals surface area contributed by atoms with Crippen LogP contribution in [0.25, 0.3) is 11.1 Å². The number of nitrogens with zero attached hydrogens (tertiary/aromatic N) is 2. The van der Waals surface area contributed by atoms with Gasteiger partial charge in [0.15, 0.2) is 5.82 Å². The molecule has 2 rings (SSSR count). The fourth-order valence-electron chi connectivity index (χ4n) is 1.66. The molecule has 0 bridgehead atoms. The summed E-state index contributed by atoms with van der Waals surface area (Å²) in [5.74, 6) is 0.0730. The third-order valence-electron chi connectivity index (χ3n) is 2.45. The molecule has 0 amide bonds. The number of anilines is 1. The van der Waals surface area contributed by atoms with Gasteiger partial charge in [0.05, 0.1) is 12.7 Å². The lowest BCUT2D eigenvalue weighted by atomic mass is 10.1. The number of nitrogens with two attached hydrogens (primary N) is 1. The van der Waals surface area contributed by atoms with Crippen molar-refractivity contribution >= 4 is 11.8 Å². The van der Waals surface area contributed by atoms with Gasteiger partial charge in [0.25, 0.3) is 0 Å². The van der Waals surface area contributed by atoms with Crippen LogP contribution in [0, 0.1) is 0 Å². The smallest absolute Gasteiger partial charge is 0.337 e. The molecule has 17 heavy (non-hydrogen) atoms. The Bertz CT molecular complexity index is 561. The number of carbonyl (C=O) groups excluding carboxylic acids is 1. The summed E-state index contributed by atoms with van der Waals surface area (Å²) in [5, 5.41) is 4.06. The predicted octanol–water partition coefficient (Wildman–Crippen LogP) is 1.46. The summed E-state index contributed by atoms with van der Waals surface area (Å²) in [5.41, 5.74) is 7.93. The lowest BCUT2D eigenvalue weighted by Crippen LogP contribution is -2.00. The molecule has 0 saturated carbocycles. The van der Waals surface area contributed by atoms with E-state index in [1.54, 1.807) is 29.9 Å². The topological polar surface area (TPSA) is 70.1 Å². The van der Waals surface area contributed by atoms with Gasteiger partial charge in [0, 0.05) is 18.8 Å². The molecule has 5 heteroatoms. The molecule has 0 aliphatic rings. The second-order valence-corrected chi connectivity index (χ2v) is 3.67. The molecular weight excluding hydrogens is 218 g/mol. The normalized spacial score (nSPS) is 10.2. The van der Waals surface area contributed by atoms with Crippen LogP contribution in [0.1, 0.15) is 10.4 Å². The lowest BCUT2D eigenvalue weighted by molar-refractivity contribution is 0.0601. The number of rotatable bonds is 2. The van der Waals surface area contributed by atoms with Crippen LogP contribution in [0.2, 0.25) is 0 Å². The van der Waals surface area contributed by atoms with Crippen molar-refractivity contribution in [3.8, 4) is 11.1 Å². The largest absolute Gasteiger partial charge is 0.465 e. The Hall–Kier alpha value is -2.30. The van der Waals surface area contributed by atoms with E-state index in [4.69, 9.17) is 5.73 Å². The number of aryl methyl sites for hydroxylation is 1. The summed E-state index contributed by atoms with van der Waals surface area (Å²) in [6.07, 6.45) is 1.81. The minimum atomic E-state index is -0.366. The van der Waals surface area contributed by atoms with Crippen molar-refractivity contribution in [2.24, 2.45) is 7.05 Å². The van der Waals surface area contributed by atoms with Gasteiger partial charge in [-0.1, -0.05) is 12.1 Å². The first kappa shape index (κ1) is 11.2. The molecule has 0 unspecified atom stereocenters. The van der Waals surface area contributed by atoms with E-state index in [-0.39, 0.29) is 5.97 Å². The number of benzene rings is 1.